The van der Waals surface area contributed by atoms with Crippen molar-refractivity contribution in [1.29, 1.82) is 0 Å². The molecular weight excluding hydrogens is 264 g/mol. The fraction of sp³-hybridized carbons (Fsp3) is 0.455. The average Bonchev–Trinajstić information content (AvgIpc) is 2.96. The number of thiazole rings is 1. The van der Waals surface area contributed by atoms with Crippen molar-refractivity contribution < 1.29 is 4.79 Å². The fourth-order valence-corrected chi connectivity index (χ4v) is 3.26. The molecule has 1 amide bonds. The zero-order chi connectivity index (χ0) is 13.4. The summed E-state index contributed by atoms with van der Waals surface area (Å²) in [5, 5.41) is 7.53. The maximum Gasteiger partial charge on any atom is 0.221 e. The molecule has 0 bridgehead atoms. The third kappa shape index (κ3) is 2.07. The number of aryl methyl sites for hydroxylation is 1. The van der Waals surface area contributed by atoms with Gasteiger partial charge in [-0.25, -0.2) is 14.6 Å². The van der Waals surface area contributed by atoms with Crippen LogP contribution in [0.2, 0.25) is 0 Å². The SMILES string of the molecule is CCn1ncnc1[C@@H]1CC(=O)NCc2nc(N)sc21. The first-order valence-corrected chi connectivity index (χ1v) is 6.90. The summed E-state index contributed by atoms with van der Waals surface area (Å²) in [5.74, 6) is 0.679. The number of hydrogen-bond donors (Lipinski definition) is 2. The number of aromatic nitrogens is 4. The van der Waals surface area contributed by atoms with Crippen molar-refractivity contribution in [2.24, 2.45) is 0 Å². The average molecular weight is 278 g/mol. The molecule has 0 aromatic carbocycles. The highest BCUT2D eigenvalue weighted by Crippen LogP contribution is 2.36. The minimum Gasteiger partial charge on any atom is -0.375 e. The molecule has 2 aromatic heterocycles. The lowest BCUT2D eigenvalue weighted by Gasteiger charge is -2.12. The minimum atomic E-state index is -0.116. The van der Waals surface area contributed by atoms with Gasteiger partial charge in [-0.05, 0) is 6.92 Å². The largest absolute Gasteiger partial charge is 0.375 e. The van der Waals surface area contributed by atoms with Gasteiger partial charge in [-0.3, -0.25) is 4.79 Å². The van der Waals surface area contributed by atoms with Gasteiger partial charge < -0.3 is 11.1 Å². The molecule has 8 heteroatoms. The molecule has 0 saturated heterocycles. The number of anilines is 1. The van der Waals surface area contributed by atoms with Crippen molar-refractivity contribution in [2.45, 2.75) is 32.4 Å². The molecule has 3 rings (SSSR count). The van der Waals surface area contributed by atoms with Crippen molar-refractivity contribution in [3.05, 3.63) is 22.7 Å². The molecule has 0 unspecified atom stereocenters. The van der Waals surface area contributed by atoms with E-state index in [0.29, 0.717) is 18.1 Å². The van der Waals surface area contributed by atoms with E-state index < -0.39 is 0 Å². The smallest absolute Gasteiger partial charge is 0.221 e. The lowest BCUT2D eigenvalue weighted by atomic mass is 10.0. The Balaban J connectivity index is 2.09. The Hall–Kier alpha value is -1.96. The first kappa shape index (κ1) is 12.1. The predicted octanol–water partition coefficient (Wildman–Crippen LogP) is 0.489. The van der Waals surface area contributed by atoms with Gasteiger partial charge in [0.1, 0.15) is 12.2 Å². The van der Waals surface area contributed by atoms with Crippen LogP contribution >= 0.6 is 11.3 Å². The van der Waals surface area contributed by atoms with Gasteiger partial charge in [0.15, 0.2) is 5.13 Å². The lowest BCUT2D eigenvalue weighted by molar-refractivity contribution is -0.121. The van der Waals surface area contributed by atoms with Gasteiger partial charge >= 0.3 is 0 Å². The number of amides is 1. The van der Waals surface area contributed by atoms with Crippen LogP contribution in [0.4, 0.5) is 5.13 Å². The second-order valence-corrected chi connectivity index (χ2v) is 5.39. The van der Waals surface area contributed by atoms with Crippen LogP contribution in [0.25, 0.3) is 0 Å². The maximum atomic E-state index is 11.8. The molecule has 0 aliphatic carbocycles. The number of nitrogens with one attached hydrogen (secondary N) is 1. The summed E-state index contributed by atoms with van der Waals surface area (Å²) in [7, 11) is 0. The Kier molecular flexibility index (Phi) is 2.94. The number of carbonyl (C=O) groups is 1. The summed E-state index contributed by atoms with van der Waals surface area (Å²) in [6, 6.07) is 0. The Labute approximate surface area is 113 Å². The summed E-state index contributed by atoms with van der Waals surface area (Å²) >= 11 is 1.42. The molecular formula is C11H14N6OS. The monoisotopic (exact) mass is 278 g/mol. The highest BCUT2D eigenvalue weighted by Gasteiger charge is 2.30. The van der Waals surface area contributed by atoms with E-state index >= 15 is 0 Å². The number of hydrogen-bond acceptors (Lipinski definition) is 6. The molecule has 3 heterocycles. The zero-order valence-corrected chi connectivity index (χ0v) is 11.3. The normalized spacial score (nSPS) is 18.8. The molecule has 0 fully saturated rings. The third-order valence-electron chi connectivity index (χ3n) is 3.16. The molecule has 2 aromatic rings. The van der Waals surface area contributed by atoms with Crippen LogP contribution in [-0.4, -0.2) is 25.7 Å². The molecule has 3 N–H and O–H groups in total. The van der Waals surface area contributed by atoms with Crippen molar-refractivity contribution in [2.75, 3.05) is 5.73 Å². The number of carbonyl (C=O) groups excluding carboxylic acids is 1. The summed E-state index contributed by atoms with van der Waals surface area (Å²) in [5.41, 5.74) is 6.62. The molecule has 1 aliphatic rings. The van der Waals surface area contributed by atoms with Gasteiger partial charge in [-0.1, -0.05) is 0 Å². The molecule has 1 atom stereocenters. The van der Waals surface area contributed by atoms with Gasteiger partial charge in [-0.2, -0.15) is 5.10 Å². The third-order valence-corrected chi connectivity index (χ3v) is 4.20. The second kappa shape index (κ2) is 4.61. The Bertz CT molecular complexity index is 618. The quantitative estimate of drug-likeness (QED) is 0.833. The van der Waals surface area contributed by atoms with Gasteiger partial charge in [0, 0.05) is 17.8 Å². The summed E-state index contributed by atoms with van der Waals surface area (Å²) in [6.07, 6.45) is 1.87. The molecule has 100 valence electrons. The van der Waals surface area contributed by atoms with Crippen LogP contribution in [0.1, 0.15) is 35.7 Å². The van der Waals surface area contributed by atoms with E-state index in [-0.39, 0.29) is 11.8 Å². The predicted molar refractivity (Wildman–Crippen MR) is 70.5 cm³/mol. The molecule has 19 heavy (non-hydrogen) atoms. The van der Waals surface area contributed by atoms with Crippen LogP contribution in [-0.2, 0) is 17.9 Å². The van der Waals surface area contributed by atoms with Crippen LogP contribution in [0.3, 0.4) is 0 Å². The number of fused-ring (bicyclic) bond motifs is 1. The van der Waals surface area contributed by atoms with Crippen LogP contribution in [0.5, 0.6) is 0 Å². The zero-order valence-electron chi connectivity index (χ0n) is 10.5. The highest BCUT2D eigenvalue weighted by molar-refractivity contribution is 7.15. The van der Waals surface area contributed by atoms with Crippen molar-refractivity contribution in [1.82, 2.24) is 25.1 Å². The molecule has 7 nitrogen and oxygen atoms in total. The standard InChI is InChI=1S/C11H14N6OS/c1-2-17-10(14-5-15-17)6-3-8(18)13-4-7-9(6)19-11(12)16-7/h5-6H,2-4H2,1H3,(H2,12,16)(H,13,18)/t6-/m1/s1. The van der Waals surface area contributed by atoms with Crippen LogP contribution in [0.15, 0.2) is 6.33 Å². The van der Waals surface area contributed by atoms with E-state index in [4.69, 9.17) is 5.73 Å². The Morgan fingerprint density at radius 3 is 3.26 bits per heavy atom. The molecule has 1 aliphatic heterocycles. The van der Waals surface area contributed by atoms with E-state index in [9.17, 15) is 4.79 Å². The lowest BCUT2D eigenvalue weighted by Crippen LogP contribution is -2.22. The van der Waals surface area contributed by atoms with E-state index in [1.807, 2.05) is 11.6 Å². The molecule has 0 saturated carbocycles. The number of rotatable bonds is 2. The van der Waals surface area contributed by atoms with Gasteiger partial charge in [0.05, 0.1) is 18.2 Å². The van der Waals surface area contributed by atoms with Gasteiger partial charge in [0.25, 0.3) is 0 Å². The Morgan fingerprint density at radius 2 is 2.47 bits per heavy atom. The van der Waals surface area contributed by atoms with E-state index in [2.05, 4.69) is 20.4 Å². The summed E-state index contributed by atoms with van der Waals surface area (Å²) in [4.78, 5) is 21.4. The molecule has 0 spiro atoms. The maximum absolute atomic E-state index is 11.8. The summed E-state index contributed by atoms with van der Waals surface area (Å²) < 4.78 is 1.81. The van der Waals surface area contributed by atoms with Gasteiger partial charge in [0.2, 0.25) is 5.91 Å². The van der Waals surface area contributed by atoms with E-state index in [1.165, 1.54) is 17.7 Å². The summed E-state index contributed by atoms with van der Waals surface area (Å²) in [6.45, 7) is 3.15. The Morgan fingerprint density at radius 1 is 1.63 bits per heavy atom. The fourth-order valence-electron chi connectivity index (χ4n) is 2.31. The topological polar surface area (TPSA) is 98.7 Å². The minimum absolute atomic E-state index is 0.000533. The number of nitrogen functional groups attached to an aromatic ring is 1. The van der Waals surface area contributed by atoms with Crippen LogP contribution < -0.4 is 11.1 Å². The first-order chi connectivity index (χ1) is 9.19. The van der Waals surface area contributed by atoms with Crippen molar-refractivity contribution >= 4 is 22.4 Å². The highest BCUT2D eigenvalue weighted by atomic mass is 32.1. The van der Waals surface area contributed by atoms with E-state index in [1.54, 1.807) is 0 Å². The van der Waals surface area contributed by atoms with E-state index in [0.717, 1.165) is 22.9 Å². The number of nitrogens with zero attached hydrogens (tertiary/aromatic N) is 4. The van der Waals surface area contributed by atoms with Gasteiger partial charge in [-0.15, -0.1) is 11.3 Å². The van der Waals surface area contributed by atoms with Crippen LogP contribution in [0, 0.1) is 0 Å². The number of nitrogens with two attached hydrogens (primary N) is 1. The molecule has 0 radical (unpaired) electrons. The second-order valence-electron chi connectivity index (χ2n) is 4.33. The van der Waals surface area contributed by atoms with Crippen molar-refractivity contribution in [3.8, 4) is 0 Å². The first-order valence-electron chi connectivity index (χ1n) is 6.08. The van der Waals surface area contributed by atoms with Crippen molar-refractivity contribution in [3.63, 3.8) is 0 Å².